The van der Waals surface area contributed by atoms with Crippen LogP contribution < -0.4 is 0 Å². The van der Waals surface area contributed by atoms with E-state index in [1.54, 1.807) is 36.7 Å². The van der Waals surface area contributed by atoms with Gasteiger partial charge in [0.25, 0.3) is 11.7 Å². The Morgan fingerprint density at radius 3 is 2.78 bits per heavy atom. The van der Waals surface area contributed by atoms with Crippen molar-refractivity contribution in [3.8, 4) is 11.4 Å². The summed E-state index contributed by atoms with van der Waals surface area (Å²) in [6.07, 6.45) is 3.26. The summed E-state index contributed by atoms with van der Waals surface area (Å²) in [5, 5.41) is 5.61. The maximum Gasteiger partial charge on any atom is 0.300 e. The first-order chi connectivity index (χ1) is 8.84. The molecule has 0 spiro atoms. The molecule has 88 valence electrons. The van der Waals surface area contributed by atoms with Crippen molar-refractivity contribution in [2.45, 2.75) is 0 Å². The Hall–Kier alpha value is -2.34. The molecule has 18 heavy (non-hydrogen) atoms. The van der Waals surface area contributed by atoms with Crippen LogP contribution in [0.5, 0.6) is 0 Å². The molecule has 0 atom stereocenters. The van der Waals surface area contributed by atoms with E-state index < -0.39 is 0 Å². The van der Waals surface area contributed by atoms with Gasteiger partial charge in [0.1, 0.15) is 0 Å². The lowest BCUT2D eigenvalue weighted by molar-refractivity contribution is 0.0998. The summed E-state index contributed by atoms with van der Waals surface area (Å²) in [5.74, 6) is 0.138. The van der Waals surface area contributed by atoms with E-state index in [-0.39, 0.29) is 11.7 Å². The lowest BCUT2D eigenvalue weighted by atomic mass is 10.2. The van der Waals surface area contributed by atoms with Crippen LogP contribution in [-0.2, 0) is 0 Å². The first kappa shape index (κ1) is 10.8. The SMILES string of the molecule is O=C(c1nc(-c2ccncc2)no1)c1cccs1. The summed E-state index contributed by atoms with van der Waals surface area (Å²) >= 11 is 1.34. The van der Waals surface area contributed by atoms with Crippen LogP contribution in [0.4, 0.5) is 0 Å². The fourth-order valence-electron chi connectivity index (χ4n) is 1.45. The molecule has 3 aromatic heterocycles. The highest BCUT2D eigenvalue weighted by molar-refractivity contribution is 7.12. The van der Waals surface area contributed by atoms with Gasteiger partial charge in [0.05, 0.1) is 4.88 Å². The summed E-state index contributed by atoms with van der Waals surface area (Å²) in [4.78, 5) is 20.5. The van der Waals surface area contributed by atoms with Gasteiger partial charge in [-0.05, 0) is 23.6 Å². The minimum Gasteiger partial charge on any atom is -0.330 e. The third-order valence-electron chi connectivity index (χ3n) is 2.30. The second-order valence-electron chi connectivity index (χ2n) is 3.47. The van der Waals surface area contributed by atoms with E-state index in [4.69, 9.17) is 4.52 Å². The number of nitrogens with zero attached hydrogens (tertiary/aromatic N) is 3. The lowest BCUT2D eigenvalue weighted by Crippen LogP contribution is -1.98. The number of pyridine rings is 1. The summed E-state index contributed by atoms with van der Waals surface area (Å²) in [7, 11) is 0. The van der Waals surface area contributed by atoms with Gasteiger partial charge in [-0.2, -0.15) is 4.98 Å². The Morgan fingerprint density at radius 1 is 1.22 bits per heavy atom. The number of ketones is 1. The highest BCUT2D eigenvalue weighted by Gasteiger charge is 2.18. The molecule has 0 amide bonds. The van der Waals surface area contributed by atoms with Crippen molar-refractivity contribution in [2.24, 2.45) is 0 Å². The molecule has 0 N–H and O–H groups in total. The van der Waals surface area contributed by atoms with Crippen LogP contribution in [0.1, 0.15) is 15.6 Å². The minimum atomic E-state index is -0.252. The Balaban J connectivity index is 1.93. The largest absolute Gasteiger partial charge is 0.330 e. The average molecular weight is 257 g/mol. The van der Waals surface area contributed by atoms with Crippen molar-refractivity contribution in [3.05, 3.63) is 52.8 Å². The van der Waals surface area contributed by atoms with Crippen LogP contribution in [0.15, 0.2) is 46.6 Å². The Bertz CT molecular complexity index is 662. The Morgan fingerprint density at radius 2 is 2.06 bits per heavy atom. The molecule has 3 heterocycles. The van der Waals surface area contributed by atoms with Gasteiger partial charge >= 0.3 is 0 Å². The van der Waals surface area contributed by atoms with Crippen molar-refractivity contribution in [1.82, 2.24) is 15.1 Å². The molecule has 6 heteroatoms. The second-order valence-corrected chi connectivity index (χ2v) is 4.41. The monoisotopic (exact) mass is 257 g/mol. The maximum absolute atomic E-state index is 12.0. The highest BCUT2D eigenvalue weighted by Crippen LogP contribution is 2.18. The van der Waals surface area contributed by atoms with Crippen molar-refractivity contribution >= 4 is 17.1 Å². The summed E-state index contributed by atoms with van der Waals surface area (Å²) in [6, 6.07) is 7.04. The third-order valence-corrected chi connectivity index (χ3v) is 3.17. The van der Waals surface area contributed by atoms with Gasteiger partial charge in [0.15, 0.2) is 0 Å². The summed E-state index contributed by atoms with van der Waals surface area (Å²) in [6.45, 7) is 0. The van der Waals surface area contributed by atoms with Crippen molar-refractivity contribution in [1.29, 1.82) is 0 Å². The van der Waals surface area contributed by atoms with E-state index >= 15 is 0 Å². The normalized spacial score (nSPS) is 10.4. The predicted octanol–water partition coefficient (Wildman–Crippen LogP) is 2.42. The van der Waals surface area contributed by atoms with Crippen LogP contribution in [-0.4, -0.2) is 20.9 Å². The van der Waals surface area contributed by atoms with Crippen LogP contribution in [0.3, 0.4) is 0 Å². The molecule has 0 fully saturated rings. The Labute approximate surface area is 106 Å². The van der Waals surface area contributed by atoms with E-state index in [1.165, 1.54) is 11.3 Å². The maximum atomic E-state index is 12.0. The smallest absolute Gasteiger partial charge is 0.300 e. The van der Waals surface area contributed by atoms with E-state index in [0.717, 1.165) is 5.56 Å². The molecule has 3 rings (SSSR count). The zero-order valence-electron chi connectivity index (χ0n) is 9.11. The van der Waals surface area contributed by atoms with Gasteiger partial charge in [-0.3, -0.25) is 9.78 Å². The quantitative estimate of drug-likeness (QED) is 0.674. The molecule has 5 nitrogen and oxygen atoms in total. The zero-order chi connectivity index (χ0) is 12.4. The first-order valence-electron chi connectivity index (χ1n) is 5.17. The molecule has 0 radical (unpaired) electrons. The molecular weight excluding hydrogens is 250 g/mol. The predicted molar refractivity (Wildman–Crippen MR) is 65.3 cm³/mol. The molecule has 0 aliphatic rings. The van der Waals surface area contributed by atoms with Crippen molar-refractivity contribution in [3.63, 3.8) is 0 Å². The van der Waals surface area contributed by atoms with E-state index in [1.807, 2.05) is 5.38 Å². The lowest BCUT2D eigenvalue weighted by Gasteiger charge is -1.90. The van der Waals surface area contributed by atoms with Crippen molar-refractivity contribution in [2.75, 3.05) is 0 Å². The molecule has 0 unspecified atom stereocenters. The number of thiophene rings is 1. The van der Waals surface area contributed by atoms with Gasteiger partial charge in [0, 0.05) is 18.0 Å². The van der Waals surface area contributed by atoms with Gasteiger partial charge < -0.3 is 4.52 Å². The minimum absolute atomic E-state index is 0.00395. The molecule has 0 bridgehead atoms. The van der Waals surface area contributed by atoms with Gasteiger partial charge in [-0.25, -0.2) is 0 Å². The molecule has 0 saturated carbocycles. The molecular formula is C12H7N3O2S. The second kappa shape index (κ2) is 4.50. The molecule has 0 aliphatic heterocycles. The number of hydrogen-bond acceptors (Lipinski definition) is 6. The fourth-order valence-corrected chi connectivity index (χ4v) is 2.10. The van der Waals surface area contributed by atoms with E-state index in [9.17, 15) is 4.79 Å². The fraction of sp³-hybridized carbons (Fsp3) is 0. The average Bonchev–Trinajstić information content (AvgIpc) is 3.10. The zero-order valence-corrected chi connectivity index (χ0v) is 9.92. The number of carbonyl (C=O) groups excluding carboxylic acids is 1. The van der Waals surface area contributed by atoms with Crippen molar-refractivity contribution < 1.29 is 9.32 Å². The summed E-state index contributed by atoms with van der Waals surface area (Å²) < 4.78 is 4.98. The number of hydrogen-bond donors (Lipinski definition) is 0. The first-order valence-corrected chi connectivity index (χ1v) is 6.05. The summed E-state index contributed by atoms with van der Waals surface area (Å²) in [5.41, 5.74) is 0.763. The number of aromatic nitrogens is 3. The molecule has 3 aromatic rings. The van der Waals surface area contributed by atoms with E-state index in [2.05, 4.69) is 15.1 Å². The van der Waals surface area contributed by atoms with E-state index in [0.29, 0.717) is 10.7 Å². The highest BCUT2D eigenvalue weighted by atomic mass is 32.1. The van der Waals surface area contributed by atoms with Crippen LogP contribution in [0.2, 0.25) is 0 Å². The number of carbonyl (C=O) groups is 1. The van der Waals surface area contributed by atoms with Crippen LogP contribution in [0, 0.1) is 0 Å². The van der Waals surface area contributed by atoms with Gasteiger partial charge in [0.2, 0.25) is 5.82 Å². The topological polar surface area (TPSA) is 68.9 Å². The molecule has 0 saturated heterocycles. The standard InChI is InChI=1S/C12H7N3O2S/c16-10(9-2-1-7-18-9)12-14-11(15-17-12)8-3-5-13-6-4-8/h1-7H. The molecule has 0 aromatic carbocycles. The van der Waals surface area contributed by atoms with Crippen LogP contribution >= 0.6 is 11.3 Å². The molecule has 0 aliphatic carbocycles. The van der Waals surface area contributed by atoms with Crippen LogP contribution in [0.25, 0.3) is 11.4 Å². The Kier molecular flexibility index (Phi) is 2.70. The van der Waals surface area contributed by atoms with Gasteiger partial charge in [-0.15, -0.1) is 11.3 Å². The third kappa shape index (κ3) is 1.93. The number of rotatable bonds is 3. The van der Waals surface area contributed by atoms with Gasteiger partial charge in [-0.1, -0.05) is 11.2 Å².